The number of carbonyl (C=O) groups excluding carboxylic acids is 1. The zero-order valence-corrected chi connectivity index (χ0v) is 15.1. The van der Waals surface area contributed by atoms with E-state index in [-0.39, 0.29) is 23.5 Å². The molecular weight excluding hydrogens is 350 g/mol. The number of amides is 1. The third-order valence-electron chi connectivity index (χ3n) is 4.95. The molecule has 1 fully saturated rings. The van der Waals surface area contributed by atoms with Crippen molar-refractivity contribution in [3.63, 3.8) is 0 Å². The van der Waals surface area contributed by atoms with Crippen molar-refractivity contribution in [2.75, 3.05) is 26.2 Å². The highest BCUT2D eigenvalue weighted by Gasteiger charge is 2.24. The number of hydrogen-bond acceptors (Lipinski definition) is 3. The summed E-state index contributed by atoms with van der Waals surface area (Å²) >= 11 is 0. The van der Waals surface area contributed by atoms with Crippen molar-refractivity contribution < 1.29 is 18.3 Å². The average Bonchev–Trinajstić information content (AvgIpc) is 2.67. The first-order valence-corrected chi connectivity index (χ1v) is 9.17. The lowest BCUT2D eigenvalue weighted by molar-refractivity contribution is -0.123. The number of nitrogens with two attached hydrogens (primary N) is 1. The van der Waals surface area contributed by atoms with Crippen LogP contribution < -0.4 is 5.73 Å². The molecular formula is C21H24F2N2O2. The first-order chi connectivity index (χ1) is 13.0. The molecule has 1 amide bonds. The molecule has 0 bridgehead atoms. The Balaban J connectivity index is 1.65. The number of rotatable bonds is 7. The van der Waals surface area contributed by atoms with Crippen molar-refractivity contribution in [2.24, 2.45) is 11.7 Å². The van der Waals surface area contributed by atoms with E-state index in [4.69, 9.17) is 10.5 Å². The molecule has 2 aromatic rings. The van der Waals surface area contributed by atoms with Gasteiger partial charge in [0.25, 0.3) is 0 Å². The minimum atomic E-state index is -0.414. The van der Waals surface area contributed by atoms with Crippen molar-refractivity contribution in [1.29, 1.82) is 0 Å². The Labute approximate surface area is 157 Å². The van der Waals surface area contributed by atoms with Gasteiger partial charge in [-0.15, -0.1) is 0 Å². The van der Waals surface area contributed by atoms with Gasteiger partial charge in [-0.2, -0.15) is 0 Å². The molecule has 0 saturated carbocycles. The van der Waals surface area contributed by atoms with Gasteiger partial charge in [0.2, 0.25) is 5.91 Å². The molecule has 27 heavy (non-hydrogen) atoms. The molecule has 1 unspecified atom stereocenters. The van der Waals surface area contributed by atoms with E-state index in [1.54, 1.807) is 24.3 Å². The molecule has 2 N–H and O–H groups in total. The van der Waals surface area contributed by atoms with E-state index in [9.17, 15) is 13.6 Å². The van der Waals surface area contributed by atoms with Crippen LogP contribution in [0, 0.1) is 17.6 Å². The van der Waals surface area contributed by atoms with Crippen LogP contribution in [-0.4, -0.2) is 37.0 Å². The maximum atomic E-state index is 13.3. The summed E-state index contributed by atoms with van der Waals surface area (Å²) in [5, 5.41) is 0. The topological polar surface area (TPSA) is 55.6 Å². The Kier molecular flexibility index (Phi) is 6.53. The van der Waals surface area contributed by atoms with Gasteiger partial charge in [0, 0.05) is 13.1 Å². The van der Waals surface area contributed by atoms with E-state index in [1.165, 1.54) is 24.3 Å². The number of piperidine rings is 1. The number of hydrogen-bond donors (Lipinski definition) is 1. The molecule has 1 saturated heterocycles. The molecule has 1 aliphatic heterocycles. The molecule has 144 valence electrons. The fourth-order valence-electron chi connectivity index (χ4n) is 3.45. The lowest BCUT2D eigenvalue weighted by Gasteiger charge is -2.31. The van der Waals surface area contributed by atoms with Gasteiger partial charge in [0.15, 0.2) is 0 Å². The lowest BCUT2D eigenvalue weighted by atomic mass is 9.97. The number of primary amides is 1. The Bertz CT molecular complexity index is 704. The number of benzene rings is 2. The average molecular weight is 374 g/mol. The highest BCUT2D eigenvalue weighted by Crippen LogP contribution is 2.27. The first kappa shape index (κ1) is 19.5. The highest BCUT2D eigenvalue weighted by atomic mass is 19.1. The summed E-state index contributed by atoms with van der Waals surface area (Å²) in [6, 6.07) is 12.2. The largest absolute Gasteiger partial charge is 0.369 e. The van der Waals surface area contributed by atoms with Crippen LogP contribution in [0.3, 0.4) is 0 Å². The second-order valence-electron chi connectivity index (χ2n) is 6.90. The van der Waals surface area contributed by atoms with E-state index in [0.29, 0.717) is 19.7 Å². The van der Waals surface area contributed by atoms with Gasteiger partial charge in [0.1, 0.15) is 17.7 Å². The molecule has 0 aliphatic carbocycles. The Hall–Kier alpha value is -2.31. The van der Waals surface area contributed by atoms with E-state index in [0.717, 1.165) is 30.5 Å². The summed E-state index contributed by atoms with van der Waals surface area (Å²) in [5.74, 6) is -0.996. The second kappa shape index (κ2) is 9.06. The van der Waals surface area contributed by atoms with Crippen LogP contribution in [0.2, 0.25) is 0 Å². The zero-order chi connectivity index (χ0) is 19.2. The maximum absolute atomic E-state index is 13.3. The summed E-state index contributed by atoms with van der Waals surface area (Å²) in [6.07, 6.45) is 1.36. The van der Waals surface area contributed by atoms with E-state index >= 15 is 0 Å². The van der Waals surface area contributed by atoms with Crippen LogP contribution in [0.5, 0.6) is 0 Å². The predicted octanol–water partition coefficient (Wildman–Crippen LogP) is 3.27. The van der Waals surface area contributed by atoms with Crippen molar-refractivity contribution in [3.8, 4) is 0 Å². The van der Waals surface area contributed by atoms with Crippen LogP contribution in [0.15, 0.2) is 48.5 Å². The number of nitrogens with zero attached hydrogens (tertiary/aromatic N) is 1. The fraction of sp³-hybridized carbons (Fsp3) is 0.381. The predicted molar refractivity (Wildman–Crippen MR) is 99.0 cm³/mol. The first-order valence-electron chi connectivity index (χ1n) is 9.17. The number of carbonyl (C=O) groups is 1. The smallest absolute Gasteiger partial charge is 0.221 e. The van der Waals surface area contributed by atoms with Gasteiger partial charge in [-0.25, -0.2) is 8.78 Å². The van der Waals surface area contributed by atoms with Gasteiger partial charge >= 0.3 is 0 Å². The Morgan fingerprint density at radius 2 is 1.63 bits per heavy atom. The summed E-state index contributed by atoms with van der Waals surface area (Å²) in [7, 11) is 0. The number of likely N-dealkylation sites (tertiary alicyclic amines) is 1. The standard InChI is InChI=1S/C21H24F2N2O2/c22-18-7-3-15(4-8-18)20(16-5-9-19(23)10-6-16)27-13-12-25-11-1-2-17(14-25)21(24)26/h3-10,17,20H,1-2,11-14H2,(H2,24,26). The SMILES string of the molecule is NC(=O)C1CCCN(CCOC(c2ccc(F)cc2)c2ccc(F)cc2)C1. The molecule has 0 radical (unpaired) electrons. The maximum Gasteiger partial charge on any atom is 0.221 e. The molecule has 1 heterocycles. The van der Waals surface area contributed by atoms with Crippen LogP contribution in [0.4, 0.5) is 8.78 Å². The molecule has 0 aromatic heterocycles. The van der Waals surface area contributed by atoms with Crippen LogP contribution >= 0.6 is 0 Å². The lowest BCUT2D eigenvalue weighted by Crippen LogP contribution is -2.42. The van der Waals surface area contributed by atoms with Gasteiger partial charge in [0.05, 0.1) is 12.5 Å². The Morgan fingerprint density at radius 3 is 2.15 bits per heavy atom. The van der Waals surface area contributed by atoms with Gasteiger partial charge in [-0.05, 0) is 54.8 Å². The van der Waals surface area contributed by atoms with Crippen molar-refractivity contribution in [1.82, 2.24) is 4.90 Å². The molecule has 2 aromatic carbocycles. The minimum absolute atomic E-state index is 0.108. The number of ether oxygens (including phenoxy) is 1. The minimum Gasteiger partial charge on any atom is -0.369 e. The third kappa shape index (κ3) is 5.34. The zero-order valence-electron chi connectivity index (χ0n) is 15.1. The van der Waals surface area contributed by atoms with E-state index in [1.807, 2.05) is 0 Å². The number of halogens is 2. The van der Waals surface area contributed by atoms with Gasteiger partial charge < -0.3 is 15.4 Å². The van der Waals surface area contributed by atoms with Crippen molar-refractivity contribution in [2.45, 2.75) is 18.9 Å². The van der Waals surface area contributed by atoms with Crippen molar-refractivity contribution >= 4 is 5.91 Å². The second-order valence-corrected chi connectivity index (χ2v) is 6.90. The third-order valence-corrected chi connectivity index (χ3v) is 4.95. The molecule has 6 heteroatoms. The van der Waals surface area contributed by atoms with Crippen LogP contribution in [-0.2, 0) is 9.53 Å². The molecule has 1 atom stereocenters. The summed E-state index contributed by atoms with van der Waals surface area (Å²) in [4.78, 5) is 13.6. The highest BCUT2D eigenvalue weighted by molar-refractivity contribution is 5.76. The van der Waals surface area contributed by atoms with E-state index < -0.39 is 6.10 Å². The monoisotopic (exact) mass is 374 g/mol. The van der Waals surface area contributed by atoms with E-state index in [2.05, 4.69) is 4.90 Å². The Morgan fingerprint density at radius 1 is 1.07 bits per heavy atom. The fourth-order valence-corrected chi connectivity index (χ4v) is 3.45. The molecule has 1 aliphatic rings. The molecule has 3 rings (SSSR count). The van der Waals surface area contributed by atoms with Gasteiger partial charge in [-0.1, -0.05) is 24.3 Å². The van der Waals surface area contributed by atoms with Gasteiger partial charge in [-0.3, -0.25) is 4.79 Å². The summed E-state index contributed by atoms with van der Waals surface area (Å²) in [5.41, 5.74) is 7.03. The summed E-state index contributed by atoms with van der Waals surface area (Å²) in [6.45, 7) is 2.66. The van der Waals surface area contributed by atoms with Crippen LogP contribution in [0.25, 0.3) is 0 Å². The summed E-state index contributed by atoms with van der Waals surface area (Å²) < 4.78 is 32.6. The molecule has 4 nitrogen and oxygen atoms in total. The van der Waals surface area contributed by atoms with Crippen LogP contribution in [0.1, 0.15) is 30.1 Å². The van der Waals surface area contributed by atoms with Crippen molar-refractivity contribution in [3.05, 3.63) is 71.3 Å². The quantitative estimate of drug-likeness (QED) is 0.809. The normalized spacial score (nSPS) is 18.0. The molecule has 0 spiro atoms.